The van der Waals surface area contributed by atoms with Gasteiger partial charge in [0.15, 0.2) is 11.4 Å². The van der Waals surface area contributed by atoms with Crippen molar-refractivity contribution in [2.75, 3.05) is 6.61 Å². The molecule has 0 saturated carbocycles. The molecule has 0 spiro atoms. The van der Waals surface area contributed by atoms with E-state index in [0.717, 1.165) is 18.4 Å². The number of H-pyrrole nitrogens is 1. The Morgan fingerprint density at radius 1 is 1.03 bits per heavy atom. The highest BCUT2D eigenvalue weighted by Gasteiger charge is 2.39. The zero-order chi connectivity index (χ0) is 22.7. The second kappa shape index (κ2) is 8.82. The van der Waals surface area contributed by atoms with E-state index in [9.17, 15) is 18.3 Å². The molecule has 4 rings (SSSR count). The molecule has 2 aromatic carbocycles. The Morgan fingerprint density at radius 2 is 1.81 bits per heavy atom. The number of allylic oxidation sites excluding steroid dienone is 3. The first kappa shape index (κ1) is 21.5. The Kier molecular flexibility index (Phi) is 5.94. The molecule has 0 aliphatic heterocycles. The number of hydrogen-bond acceptors (Lipinski definition) is 4. The maximum absolute atomic E-state index is 13.5. The fourth-order valence-corrected chi connectivity index (χ4v) is 3.29. The molecule has 0 saturated heterocycles. The molecule has 1 heterocycles. The van der Waals surface area contributed by atoms with E-state index < -0.39 is 17.6 Å². The number of alkyl halides is 3. The largest absolute Gasteiger partial charge is 0.507 e. The predicted molar refractivity (Wildman–Crippen MR) is 114 cm³/mol. The van der Waals surface area contributed by atoms with Gasteiger partial charge in [-0.3, -0.25) is 5.10 Å². The Morgan fingerprint density at radius 3 is 2.47 bits per heavy atom. The number of phenols is 1. The van der Waals surface area contributed by atoms with E-state index in [1.807, 2.05) is 17.3 Å². The van der Waals surface area contributed by atoms with E-state index in [1.54, 1.807) is 24.3 Å². The molecule has 0 unspecified atom stereocenters. The van der Waals surface area contributed by atoms with Crippen LogP contribution in [0.5, 0.6) is 23.0 Å². The van der Waals surface area contributed by atoms with Gasteiger partial charge < -0.3 is 14.6 Å². The molecule has 1 aliphatic carbocycles. The molecular formula is C24H21F3N2O3. The SMILES string of the molecule is CC1=CC=C(COc2ccc(-c3n[nH]c(C(F)(F)F)c3Oc3ccccc3)c(O)c2)CC1. The lowest BCUT2D eigenvalue weighted by atomic mass is 10.0. The van der Waals surface area contributed by atoms with Crippen molar-refractivity contribution in [3.63, 3.8) is 0 Å². The molecule has 3 aromatic rings. The van der Waals surface area contributed by atoms with Crippen LogP contribution < -0.4 is 9.47 Å². The van der Waals surface area contributed by atoms with Crippen molar-refractivity contribution in [3.8, 4) is 34.3 Å². The number of aromatic amines is 1. The fraction of sp³-hybridized carbons (Fsp3) is 0.208. The minimum Gasteiger partial charge on any atom is -0.507 e. The molecule has 166 valence electrons. The van der Waals surface area contributed by atoms with Crippen molar-refractivity contribution in [3.05, 3.63) is 77.5 Å². The molecule has 0 fully saturated rings. The summed E-state index contributed by atoms with van der Waals surface area (Å²) in [6.45, 7) is 2.44. The maximum Gasteiger partial charge on any atom is 0.436 e. The predicted octanol–water partition coefficient (Wildman–Crippen LogP) is 6.64. The van der Waals surface area contributed by atoms with Gasteiger partial charge in [-0.25, -0.2) is 0 Å². The molecule has 1 aromatic heterocycles. The second-order valence-electron chi connectivity index (χ2n) is 7.49. The normalized spacial score (nSPS) is 14.0. The Hall–Kier alpha value is -3.68. The van der Waals surface area contributed by atoms with Crippen molar-refractivity contribution in [1.29, 1.82) is 0 Å². The zero-order valence-electron chi connectivity index (χ0n) is 17.2. The van der Waals surface area contributed by atoms with Crippen LogP contribution in [0.3, 0.4) is 0 Å². The third-order valence-electron chi connectivity index (χ3n) is 5.06. The highest BCUT2D eigenvalue weighted by molar-refractivity contribution is 5.74. The summed E-state index contributed by atoms with van der Waals surface area (Å²) in [5, 5.41) is 16.3. The van der Waals surface area contributed by atoms with E-state index in [1.165, 1.54) is 29.8 Å². The van der Waals surface area contributed by atoms with Gasteiger partial charge in [-0.1, -0.05) is 35.9 Å². The third-order valence-corrected chi connectivity index (χ3v) is 5.06. The van der Waals surface area contributed by atoms with E-state index in [-0.39, 0.29) is 22.8 Å². The number of aromatic hydroxyl groups is 1. The van der Waals surface area contributed by atoms with E-state index in [0.29, 0.717) is 12.4 Å². The number of nitrogens with zero attached hydrogens (tertiary/aromatic N) is 1. The monoisotopic (exact) mass is 442 g/mol. The number of halogens is 3. The third kappa shape index (κ3) is 4.80. The van der Waals surface area contributed by atoms with Crippen LogP contribution in [0, 0.1) is 0 Å². The van der Waals surface area contributed by atoms with Crippen LogP contribution in [0.2, 0.25) is 0 Å². The van der Waals surface area contributed by atoms with Gasteiger partial charge in [-0.2, -0.15) is 18.3 Å². The van der Waals surface area contributed by atoms with Crippen LogP contribution in [-0.2, 0) is 6.18 Å². The summed E-state index contributed by atoms with van der Waals surface area (Å²) in [5.74, 6) is -0.170. The Balaban J connectivity index is 1.61. The minimum absolute atomic E-state index is 0.0884. The average molecular weight is 442 g/mol. The van der Waals surface area contributed by atoms with E-state index >= 15 is 0 Å². The van der Waals surface area contributed by atoms with Crippen molar-refractivity contribution >= 4 is 0 Å². The topological polar surface area (TPSA) is 67.4 Å². The molecule has 8 heteroatoms. The maximum atomic E-state index is 13.5. The lowest BCUT2D eigenvalue weighted by Gasteiger charge is -2.14. The smallest absolute Gasteiger partial charge is 0.436 e. The average Bonchev–Trinajstić information content (AvgIpc) is 3.18. The molecule has 5 nitrogen and oxygen atoms in total. The van der Waals surface area contributed by atoms with E-state index in [4.69, 9.17) is 9.47 Å². The molecule has 32 heavy (non-hydrogen) atoms. The first-order chi connectivity index (χ1) is 15.3. The van der Waals surface area contributed by atoms with Gasteiger partial charge >= 0.3 is 6.18 Å². The summed E-state index contributed by atoms with van der Waals surface area (Å²) in [7, 11) is 0. The minimum atomic E-state index is -4.71. The summed E-state index contributed by atoms with van der Waals surface area (Å²) in [6.07, 6.45) is 1.23. The number of aromatic nitrogens is 2. The van der Waals surface area contributed by atoms with Crippen molar-refractivity contribution < 1.29 is 27.8 Å². The zero-order valence-corrected chi connectivity index (χ0v) is 17.2. The lowest BCUT2D eigenvalue weighted by molar-refractivity contribution is -0.142. The van der Waals surface area contributed by atoms with Gasteiger partial charge in [0, 0.05) is 11.6 Å². The van der Waals surface area contributed by atoms with Gasteiger partial charge in [0.1, 0.15) is 29.5 Å². The summed E-state index contributed by atoms with van der Waals surface area (Å²) < 4.78 is 51.8. The standard InChI is InChI=1S/C24H21F3N2O3/c1-15-7-9-16(10-8-15)14-31-18-11-12-19(20(30)13-18)21-22(23(29-28-21)24(25,26)27)32-17-5-3-2-4-6-17/h2-7,9,11-13,30H,8,10,14H2,1H3,(H,28,29). The summed E-state index contributed by atoms with van der Waals surface area (Å²) >= 11 is 0. The van der Waals surface area contributed by atoms with Crippen molar-refractivity contribution in [2.24, 2.45) is 0 Å². The Bertz CT molecular complexity index is 1160. The first-order valence-corrected chi connectivity index (χ1v) is 10.0. The number of nitrogens with one attached hydrogen (secondary N) is 1. The summed E-state index contributed by atoms with van der Waals surface area (Å²) in [5.41, 5.74) is 1.23. The van der Waals surface area contributed by atoms with E-state index in [2.05, 4.69) is 12.0 Å². The lowest BCUT2D eigenvalue weighted by Crippen LogP contribution is -2.07. The van der Waals surface area contributed by atoms with Crippen LogP contribution in [-0.4, -0.2) is 21.9 Å². The summed E-state index contributed by atoms with van der Waals surface area (Å²) in [6, 6.07) is 12.5. The Labute approximate surface area is 182 Å². The number of hydrogen-bond donors (Lipinski definition) is 2. The van der Waals surface area contributed by atoms with Crippen molar-refractivity contribution in [1.82, 2.24) is 10.2 Å². The number of rotatable bonds is 6. The number of para-hydroxylation sites is 1. The van der Waals surface area contributed by atoms with Crippen LogP contribution in [0.4, 0.5) is 13.2 Å². The first-order valence-electron chi connectivity index (χ1n) is 10.0. The van der Waals surface area contributed by atoms with Gasteiger partial charge in [0.05, 0.1) is 0 Å². The fourth-order valence-electron chi connectivity index (χ4n) is 3.29. The number of ether oxygens (including phenoxy) is 2. The molecule has 0 amide bonds. The molecule has 0 bridgehead atoms. The summed E-state index contributed by atoms with van der Waals surface area (Å²) in [4.78, 5) is 0. The number of benzene rings is 2. The molecule has 1 aliphatic rings. The quantitative estimate of drug-likeness (QED) is 0.449. The highest BCUT2D eigenvalue weighted by Crippen LogP contribution is 2.45. The molecule has 2 N–H and O–H groups in total. The molecule has 0 radical (unpaired) electrons. The van der Waals surface area contributed by atoms with Crippen LogP contribution in [0.15, 0.2) is 71.8 Å². The van der Waals surface area contributed by atoms with Crippen molar-refractivity contribution in [2.45, 2.75) is 25.9 Å². The van der Waals surface area contributed by atoms with Gasteiger partial charge in [0.2, 0.25) is 0 Å². The highest BCUT2D eigenvalue weighted by atomic mass is 19.4. The second-order valence-corrected chi connectivity index (χ2v) is 7.49. The number of phenolic OH excluding ortho intramolecular Hbond substituents is 1. The van der Waals surface area contributed by atoms with Gasteiger partial charge in [-0.15, -0.1) is 0 Å². The van der Waals surface area contributed by atoms with Crippen LogP contribution in [0.25, 0.3) is 11.3 Å². The van der Waals surface area contributed by atoms with Gasteiger partial charge in [0.25, 0.3) is 0 Å². The van der Waals surface area contributed by atoms with Crippen LogP contribution >= 0.6 is 0 Å². The van der Waals surface area contributed by atoms with Crippen LogP contribution in [0.1, 0.15) is 25.5 Å². The molecule has 0 atom stereocenters. The molecular weight excluding hydrogens is 421 g/mol. The van der Waals surface area contributed by atoms with Gasteiger partial charge in [-0.05, 0) is 49.6 Å².